The Hall–Kier alpha value is -3.50. The second-order valence-corrected chi connectivity index (χ2v) is 6.72. The van der Waals surface area contributed by atoms with Crippen molar-refractivity contribution in [1.82, 2.24) is 24.3 Å². The minimum atomic E-state index is -4.55. The molecule has 30 heavy (non-hydrogen) atoms. The van der Waals surface area contributed by atoms with Gasteiger partial charge in [0.2, 0.25) is 5.95 Å². The van der Waals surface area contributed by atoms with Gasteiger partial charge < -0.3 is 4.90 Å². The molecule has 0 amide bonds. The molecule has 4 rings (SSSR count). The standard InChI is InChI=1S/C19H16F4N6O/c20-15-3-1-13(2-4-15)14-5-8-27(9-6-14)17-24-11-28(18(30)25-17)12-29-10-7-16(26-29)19(21,22)23/h1-5,7,10-11H,6,8-9,12H2. The first-order valence-corrected chi connectivity index (χ1v) is 9.04. The largest absolute Gasteiger partial charge is 0.435 e. The van der Waals surface area contributed by atoms with Crippen molar-refractivity contribution in [2.45, 2.75) is 19.3 Å². The molecule has 7 nitrogen and oxygen atoms in total. The Kier molecular flexibility index (Phi) is 5.10. The highest BCUT2D eigenvalue weighted by Gasteiger charge is 2.33. The van der Waals surface area contributed by atoms with Crippen LogP contribution in [0.2, 0.25) is 0 Å². The van der Waals surface area contributed by atoms with Gasteiger partial charge in [-0.25, -0.2) is 14.2 Å². The minimum absolute atomic E-state index is 0.232. The third-order valence-corrected chi connectivity index (χ3v) is 4.69. The van der Waals surface area contributed by atoms with Crippen molar-refractivity contribution >= 4 is 11.5 Å². The molecule has 2 aromatic heterocycles. The summed E-state index contributed by atoms with van der Waals surface area (Å²) >= 11 is 0. The first-order chi connectivity index (χ1) is 14.3. The Morgan fingerprint density at radius 1 is 1.10 bits per heavy atom. The van der Waals surface area contributed by atoms with Crippen LogP contribution in [0.5, 0.6) is 0 Å². The van der Waals surface area contributed by atoms with Crippen molar-refractivity contribution < 1.29 is 17.6 Å². The fraction of sp³-hybridized carbons (Fsp3) is 0.263. The molecule has 0 fully saturated rings. The van der Waals surface area contributed by atoms with Crippen LogP contribution in [-0.4, -0.2) is 37.4 Å². The van der Waals surface area contributed by atoms with E-state index in [1.165, 1.54) is 18.5 Å². The number of hydrogen-bond acceptors (Lipinski definition) is 5. The van der Waals surface area contributed by atoms with Crippen molar-refractivity contribution in [2.24, 2.45) is 0 Å². The summed E-state index contributed by atoms with van der Waals surface area (Å²) in [7, 11) is 0. The lowest BCUT2D eigenvalue weighted by Gasteiger charge is -2.26. The zero-order chi connectivity index (χ0) is 21.3. The van der Waals surface area contributed by atoms with E-state index in [0.717, 1.165) is 32.6 Å². The van der Waals surface area contributed by atoms with Gasteiger partial charge in [-0.2, -0.15) is 23.3 Å². The highest BCUT2D eigenvalue weighted by atomic mass is 19.4. The van der Waals surface area contributed by atoms with Crippen LogP contribution < -0.4 is 10.6 Å². The number of rotatable bonds is 4. The van der Waals surface area contributed by atoms with Crippen LogP contribution in [0.3, 0.4) is 0 Å². The lowest BCUT2D eigenvalue weighted by Crippen LogP contribution is -2.34. The summed E-state index contributed by atoms with van der Waals surface area (Å²) in [6, 6.07) is 7.08. The third-order valence-electron chi connectivity index (χ3n) is 4.69. The zero-order valence-electron chi connectivity index (χ0n) is 15.6. The van der Waals surface area contributed by atoms with Crippen molar-refractivity contribution in [3.63, 3.8) is 0 Å². The maximum Gasteiger partial charge on any atom is 0.435 e. The van der Waals surface area contributed by atoms with E-state index in [0.29, 0.717) is 19.5 Å². The summed E-state index contributed by atoms with van der Waals surface area (Å²) in [4.78, 5) is 22.2. The molecular formula is C19H16F4N6O. The molecule has 0 saturated carbocycles. The topological polar surface area (TPSA) is 68.8 Å². The average Bonchev–Trinajstić information content (AvgIpc) is 3.20. The predicted molar refractivity (Wildman–Crippen MR) is 100 cm³/mol. The Labute approximate surface area is 167 Å². The summed E-state index contributed by atoms with van der Waals surface area (Å²) < 4.78 is 53.0. The van der Waals surface area contributed by atoms with E-state index in [9.17, 15) is 22.4 Å². The molecule has 1 aliphatic rings. The highest BCUT2D eigenvalue weighted by Crippen LogP contribution is 2.27. The van der Waals surface area contributed by atoms with Crippen molar-refractivity contribution in [2.75, 3.05) is 18.0 Å². The SMILES string of the molecule is O=c1nc(N2CC=C(c3ccc(F)cc3)CC2)ncn1Cn1ccc(C(F)(F)F)n1. The number of hydrogen-bond donors (Lipinski definition) is 0. The Balaban J connectivity index is 1.45. The maximum atomic E-state index is 13.1. The van der Waals surface area contributed by atoms with Gasteiger partial charge in [-0.1, -0.05) is 18.2 Å². The van der Waals surface area contributed by atoms with Crippen LogP contribution >= 0.6 is 0 Å². The first-order valence-electron chi connectivity index (χ1n) is 9.04. The molecule has 156 valence electrons. The van der Waals surface area contributed by atoms with Gasteiger partial charge >= 0.3 is 11.9 Å². The van der Waals surface area contributed by atoms with E-state index in [1.54, 1.807) is 12.1 Å². The lowest BCUT2D eigenvalue weighted by molar-refractivity contribution is -0.141. The number of benzene rings is 1. The number of alkyl halides is 3. The fourth-order valence-electron chi connectivity index (χ4n) is 3.12. The van der Waals surface area contributed by atoms with Gasteiger partial charge in [0, 0.05) is 19.3 Å². The number of aromatic nitrogens is 5. The van der Waals surface area contributed by atoms with Crippen molar-refractivity contribution in [1.29, 1.82) is 0 Å². The van der Waals surface area contributed by atoms with Gasteiger partial charge in [0.25, 0.3) is 0 Å². The molecule has 3 aromatic rings. The number of anilines is 1. The van der Waals surface area contributed by atoms with Gasteiger partial charge in [-0.05, 0) is 35.8 Å². The first kappa shape index (κ1) is 19.8. The Morgan fingerprint density at radius 2 is 1.87 bits per heavy atom. The fourth-order valence-corrected chi connectivity index (χ4v) is 3.12. The molecule has 11 heteroatoms. The molecule has 0 radical (unpaired) electrons. The van der Waals surface area contributed by atoms with Crippen LogP contribution in [0, 0.1) is 5.82 Å². The molecule has 0 spiro atoms. The minimum Gasteiger partial charge on any atom is -0.337 e. The van der Waals surface area contributed by atoms with E-state index < -0.39 is 17.6 Å². The monoisotopic (exact) mass is 420 g/mol. The van der Waals surface area contributed by atoms with Crippen molar-refractivity contribution in [3.05, 3.63) is 76.5 Å². The highest BCUT2D eigenvalue weighted by molar-refractivity contribution is 5.68. The smallest absolute Gasteiger partial charge is 0.337 e. The third kappa shape index (κ3) is 4.24. The number of halogens is 4. The molecule has 0 unspecified atom stereocenters. The van der Waals surface area contributed by atoms with Gasteiger partial charge in [-0.15, -0.1) is 0 Å². The normalized spacial score (nSPS) is 14.7. The zero-order valence-corrected chi connectivity index (χ0v) is 15.6. The summed E-state index contributed by atoms with van der Waals surface area (Å²) in [6.45, 7) is 0.814. The maximum absolute atomic E-state index is 13.1. The van der Waals surface area contributed by atoms with Crippen LogP contribution in [0.1, 0.15) is 17.7 Å². The quantitative estimate of drug-likeness (QED) is 0.608. The Morgan fingerprint density at radius 3 is 2.47 bits per heavy atom. The Bertz CT molecular complexity index is 1130. The molecule has 0 N–H and O–H groups in total. The molecule has 0 aliphatic carbocycles. The van der Waals surface area contributed by atoms with Crippen molar-refractivity contribution in [3.8, 4) is 0 Å². The second-order valence-electron chi connectivity index (χ2n) is 6.72. The van der Waals surface area contributed by atoms with Crippen LogP contribution in [0.25, 0.3) is 5.57 Å². The summed E-state index contributed by atoms with van der Waals surface area (Å²) in [6.07, 6.45) is 0.457. The van der Waals surface area contributed by atoms with E-state index in [2.05, 4.69) is 15.1 Å². The van der Waals surface area contributed by atoms with Crippen LogP contribution in [0.15, 0.2) is 53.7 Å². The van der Waals surface area contributed by atoms with E-state index in [-0.39, 0.29) is 18.4 Å². The summed E-state index contributed by atoms with van der Waals surface area (Å²) in [5.41, 5.74) is 0.325. The lowest BCUT2D eigenvalue weighted by atomic mass is 10.00. The molecular weight excluding hydrogens is 404 g/mol. The van der Waals surface area contributed by atoms with E-state index in [1.807, 2.05) is 11.0 Å². The van der Waals surface area contributed by atoms with Gasteiger partial charge in [0.15, 0.2) is 5.69 Å². The average molecular weight is 420 g/mol. The number of nitrogens with zero attached hydrogens (tertiary/aromatic N) is 6. The van der Waals surface area contributed by atoms with E-state index >= 15 is 0 Å². The molecule has 1 aromatic carbocycles. The molecule has 1 aliphatic heterocycles. The van der Waals surface area contributed by atoms with E-state index in [4.69, 9.17) is 0 Å². The molecule has 0 saturated heterocycles. The van der Waals surface area contributed by atoms with Gasteiger partial charge in [0.05, 0.1) is 0 Å². The van der Waals surface area contributed by atoms with Crippen LogP contribution in [-0.2, 0) is 12.8 Å². The predicted octanol–water partition coefficient (Wildman–Crippen LogP) is 2.79. The van der Waals surface area contributed by atoms with Crippen LogP contribution in [0.4, 0.5) is 23.5 Å². The second kappa shape index (κ2) is 7.73. The molecule has 0 bridgehead atoms. The summed E-state index contributed by atoms with van der Waals surface area (Å²) in [5, 5.41) is 3.41. The molecule has 0 atom stereocenters. The van der Waals surface area contributed by atoms with Gasteiger partial charge in [-0.3, -0.25) is 9.25 Å². The molecule has 3 heterocycles. The van der Waals surface area contributed by atoms with Gasteiger partial charge in [0.1, 0.15) is 18.8 Å². The summed E-state index contributed by atoms with van der Waals surface area (Å²) in [5.74, 6) is -0.0578.